The molecule has 0 bridgehead atoms. The average molecular weight is 519 g/mol. The number of halogens is 2. The summed E-state index contributed by atoms with van der Waals surface area (Å²) in [4.78, 5) is 4.88. The van der Waals surface area contributed by atoms with Gasteiger partial charge in [0.05, 0.1) is 11.4 Å². The molecule has 0 aliphatic carbocycles. The largest absolute Gasteiger partial charge is 0.357 e. The van der Waals surface area contributed by atoms with E-state index < -0.39 is 9.84 Å². The number of guanidine groups is 1. The molecule has 2 N–H and O–H groups in total. The molecule has 8 heteroatoms. The molecular formula is C20H27FIN3O2S. The van der Waals surface area contributed by atoms with Crippen LogP contribution in [-0.4, -0.2) is 33.7 Å². The number of hydrogen-bond acceptors (Lipinski definition) is 3. The van der Waals surface area contributed by atoms with Crippen LogP contribution in [-0.2, 0) is 22.8 Å². The maximum atomic E-state index is 13.2. The zero-order valence-corrected chi connectivity index (χ0v) is 19.5. The fourth-order valence-electron chi connectivity index (χ4n) is 2.76. The highest BCUT2D eigenvalue weighted by Gasteiger charge is 2.10. The summed E-state index contributed by atoms with van der Waals surface area (Å²) in [6, 6.07) is 11.8. The number of aliphatic imine (C=N–C) groups is 1. The smallest absolute Gasteiger partial charge is 0.191 e. The first-order valence-electron chi connectivity index (χ1n) is 8.86. The van der Waals surface area contributed by atoms with Crippen molar-refractivity contribution >= 4 is 39.8 Å². The average Bonchev–Trinajstić information content (AvgIpc) is 2.58. The van der Waals surface area contributed by atoms with Crippen molar-refractivity contribution < 1.29 is 12.8 Å². The zero-order chi connectivity index (χ0) is 19.9. The molecule has 2 rings (SSSR count). The van der Waals surface area contributed by atoms with E-state index >= 15 is 0 Å². The molecule has 0 saturated heterocycles. The molecule has 0 fully saturated rings. The van der Waals surface area contributed by atoms with Gasteiger partial charge in [-0.2, -0.15) is 0 Å². The summed E-state index contributed by atoms with van der Waals surface area (Å²) in [5.74, 6) is 0.430. The first kappa shape index (κ1) is 24.4. The normalized spacial score (nSPS) is 11.6. The minimum absolute atomic E-state index is 0. The Bertz CT molecular complexity index is 917. The van der Waals surface area contributed by atoms with Gasteiger partial charge in [0.15, 0.2) is 15.8 Å². The summed E-state index contributed by atoms with van der Waals surface area (Å²) in [7, 11) is -3.22. The second-order valence-corrected chi connectivity index (χ2v) is 8.36. The van der Waals surface area contributed by atoms with Gasteiger partial charge in [-0.25, -0.2) is 17.8 Å². The van der Waals surface area contributed by atoms with Crippen LogP contribution in [0.4, 0.5) is 4.39 Å². The maximum absolute atomic E-state index is 13.2. The lowest BCUT2D eigenvalue weighted by molar-refractivity contribution is 0.601. The van der Waals surface area contributed by atoms with Gasteiger partial charge in [-0.3, -0.25) is 0 Å². The van der Waals surface area contributed by atoms with Crippen LogP contribution in [0.2, 0.25) is 0 Å². The minimum Gasteiger partial charge on any atom is -0.357 e. The lowest BCUT2D eigenvalue weighted by atomic mass is 10.1. The van der Waals surface area contributed by atoms with E-state index in [1.165, 1.54) is 18.4 Å². The molecule has 0 aliphatic rings. The van der Waals surface area contributed by atoms with Gasteiger partial charge in [0.1, 0.15) is 5.82 Å². The Balaban J connectivity index is 0.00000392. The summed E-state index contributed by atoms with van der Waals surface area (Å²) in [5, 5.41) is 6.40. The lowest BCUT2D eigenvalue weighted by Gasteiger charge is -2.12. The fraction of sp³-hybridized carbons (Fsp3) is 0.350. The van der Waals surface area contributed by atoms with Crippen molar-refractivity contribution in [1.29, 1.82) is 0 Å². The summed E-state index contributed by atoms with van der Waals surface area (Å²) in [6.45, 7) is 5.54. The molecule has 0 radical (unpaired) electrons. The van der Waals surface area contributed by atoms with E-state index in [1.54, 1.807) is 25.1 Å². The molecule has 0 amide bonds. The predicted molar refractivity (Wildman–Crippen MR) is 123 cm³/mol. The van der Waals surface area contributed by atoms with Crippen molar-refractivity contribution in [2.75, 3.05) is 19.3 Å². The highest BCUT2D eigenvalue weighted by molar-refractivity contribution is 14.0. The van der Waals surface area contributed by atoms with E-state index in [2.05, 4.69) is 15.6 Å². The van der Waals surface area contributed by atoms with Gasteiger partial charge < -0.3 is 10.6 Å². The quantitative estimate of drug-likeness (QED) is 0.334. The monoisotopic (exact) mass is 519 g/mol. The van der Waals surface area contributed by atoms with Crippen molar-refractivity contribution in [2.45, 2.75) is 31.7 Å². The standard InChI is InChI=1S/C20H26FN3O2S.HI/c1-4-22-20(23-11-10-16-6-5-7-18(21)13-16)24-14-17-8-9-19(15(2)12-17)27(3,25)26;/h5-9,12-13H,4,10-11,14H2,1-3H3,(H2,22,23,24);1H. The number of sulfone groups is 1. The van der Waals surface area contributed by atoms with Gasteiger partial charge in [0.25, 0.3) is 0 Å². The van der Waals surface area contributed by atoms with Gasteiger partial charge in [0, 0.05) is 19.3 Å². The zero-order valence-electron chi connectivity index (χ0n) is 16.3. The topological polar surface area (TPSA) is 70.6 Å². The number of hydrogen-bond donors (Lipinski definition) is 2. The molecule has 2 aromatic carbocycles. The third-order valence-corrected chi connectivity index (χ3v) is 5.25. The molecule has 28 heavy (non-hydrogen) atoms. The molecule has 0 atom stereocenters. The van der Waals surface area contributed by atoms with Crippen molar-refractivity contribution in [2.24, 2.45) is 4.99 Å². The van der Waals surface area contributed by atoms with E-state index in [4.69, 9.17) is 0 Å². The van der Waals surface area contributed by atoms with Gasteiger partial charge >= 0.3 is 0 Å². The van der Waals surface area contributed by atoms with E-state index in [0.29, 0.717) is 35.9 Å². The van der Waals surface area contributed by atoms with Crippen molar-refractivity contribution in [3.05, 3.63) is 65.0 Å². The Morgan fingerprint density at radius 2 is 1.86 bits per heavy atom. The number of nitrogens with one attached hydrogen (secondary N) is 2. The second-order valence-electron chi connectivity index (χ2n) is 6.37. The Morgan fingerprint density at radius 1 is 1.11 bits per heavy atom. The minimum atomic E-state index is -3.22. The summed E-state index contributed by atoms with van der Waals surface area (Å²) in [6.07, 6.45) is 1.89. The second kappa shape index (κ2) is 11.4. The third kappa shape index (κ3) is 7.75. The van der Waals surface area contributed by atoms with Gasteiger partial charge in [-0.1, -0.05) is 24.3 Å². The van der Waals surface area contributed by atoms with Crippen LogP contribution in [0.25, 0.3) is 0 Å². The molecule has 0 aliphatic heterocycles. The van der Waals surface area contributed by atoms with Crippen LogP contribution in [0, 0.1) is 12.7 Å². The first-order chi connectivity index (χ1) is 12.8. The molecular weight excluding hydrogens is 492 g/mol. The van der Waals surface area contributed by atoms with Crippen LogP contribution in [0.3, 0.4) is 0 Å². The van der Waals surface area contributed by atoms with Gasteiger partial charge in [0.2, 0.25) is 0 Å². The van der Waals surface area contributed by atoms with Crippen LogP contribution in [0.5, 0.6) is 0 Å². The molecule has 0 unspecified atom stereocenters. The molecule has 0 aromatic heterocycles. The van der Waals surface area contributed by atoms with Crippen LogP contribution in [0.15, 0.2) is 52.4 Å². The number of nitrogens with zero attached hydrogens (tertiary/aromatic N) is 1. The Hall–Kier alpha value is -1.68. The van der Waals surface area contributed by atoms with E-state index in [1.807, 2.05) is 19.1 Å². The van der Waals surface area contributed by atoms with E-state index in [-0.39, 0.29) is 29.8 Å². The van der Waals surface area contributed by atoms with Crippen LogP contribution < -0.4 is 10.6 Å². The molecule has 2 aromatic rings. The van der Waals surface area contributed by atoms with Crippen molar-refractivity contribution in [3.63, 3.8) is 0 Å². The van der Waals surface area contributed by atoms with Crippen molar-refractivity contribution in [3.8, 4) is 0 Å². The molecule has 0 heterocycles. The predicted octanol–water partition coefficient (Wildman–Crippen LogP) is 3.45. The molecule has 154 valence electrons. The van der Waals surface area contributed by atoms with E-state index in [0.717, 1.165) is 17.7 Å². The molecule has 5 nitrogen and oxygen atoms in total. The Labute approximate surface area is 183 Å². The van der Waals surface area contributed by atoms with Crippen LogP contribution in [0.1, 0.15) is 23.6 Å². The Kier molecular flexibility index (Phi) is 9.88. The maximum Gasteiger partial charge on any atom is 0.191 e. The van der Waals surface area contributed by atoms with Crippen LogP contribution >= 0.6 is 24.0 Å². The SMILES string of the molecule is CCNC(=NCc1ccc(S(C)(=O)=O)c(C)c1)NCCc1cccc(F)c1.I. The summed E-state index contributed by atoms with van der Waals surface area (Å²) in [5.41, 5.74) is 2.57. The highest BCUT2D eigenvalue weighted by Crippen LogP contribution is 2.17. The highest BCUT2D eigenvalue weighted by atomic mass is 127. The number of rotatable bonds is 7. The third-order valence-electron chi connectivity index (χ3n) is 4.00. The molecule has 0 spiro atoms. The lowest BCUT2D eigenvalue weighted by Crippen LogP contribution is -2.38. The van der Waals surface area contributed by atoms with Crippen molar-refractivity contribution in [1.82, 2.24) is 10.6 Å². The Morgan fingerprint density at radius 3 is 2.46 bits per heavy atom. The number of benzene rings is 2. The molecule has 0 saturated carbocycles. The van der Waals surface area contributed by atoms with Gasteiger partial charge in [-0.05, 0) is 55.2 Å². The fourth-order valence-corrected chi connectivity index (χ4v) is 3.71. The number of aryl methyl sites for hydroxylation is 1. The summed E-state index contributed by atoms with van der Waals surface area (Å²) < 4.78 is 36.6. The van der Waals surface area contributed by atoms with Gasteiger partial charge in [-0.15, -0.1) is 24.0 Å². The summed E-state index contributed by atoms with van der Waals surface area (Å²) >= 11 is 0. The van der Waals surface area contributed by atoms with E-state index in [9.17, 15) is 12.8 Å². The first-order valence-corrected chi connectivity index (χ1v) is 10.7.